The van der Waals surface area contributed by atoms with Crippen LogP contribution >= 0.6 is 0 Å². The number of nitrogens with zero attached hydrogens (tertiary/aromatic N) is 2. The van der Waals surface area contributed by atoms with Crippen molar-refractivity contribution in [1.82, 2.24) is 15.2 Å². The zero-order chi connectivity index (χ0) is 19.1. The van der Waals surface area contributed by atoms with Crippen molar-refractivity contribution in [3.8, 4) is 0 Å². The Bertz CT molecular complexity index is 744. The topological polar surface area (TPSA) is 62.3 Å². The first-order valence-electron chi connectivity index (χ1n) is 8.89. The molecule has 5 heteroatoms. The number of pyridine rings is 1. The molecule has 2 aromatic rings. The minimum Gasteiger partial charge on any atom is -0.340 e. The molecule has 0 saturated heterocycles. The van der Waals surface area contributed by atoms with Crippen molar-refractivity contribution < 1.29 is 9.59 Å². The number of amides is 2. The maximum Gasteiger partial charge on any atom is 0.252 e. The van der Waals surface area contributed by atoms with Crippen molar-refractivity contribution in [3.63, 3.8) is 0 Å². The van der Waals surface area contributed by atoms with Gasteiger partial charge in [0.2, 0.25) is 5.91 Å². The molecule has 0 aliphatic heterocycles. The van der Waals surface area contributed by atoms with E-state index in [0.29, 0.717) is 18.5 Å². The highest BCUT2D eigenvalue weighted by molar-refractivity contribution is 5.98. The average molecular weight is 353 g/mol. The van der Waals surface area contributed by atoms with Crippen LogP contribution in [0.25, 0.3) is 0 Å². The van der Waals surface area contributed by atoms with Crippen LogP contribution in [0, 0.1) is 12.8 Å². The van der Waals surface area contributed by atoms with Gasteiger partial charge in [-0.05, 0) is 42.5 Å². The lowest BCUT2D eigenvalue weighted by atomic mass is 10.0. The van der Waals surface area contributed by atoms with Crippen LogP contribution in [0.3, 0.4) is 0 Å². The zero-order valence-corrected chi connectivity index (χ0v) is 15.9. The second kappa shape index (κ2) is 9.13. The number of hydrogen-bond acceptors (Lipinski definition) is 3. The first-order chi connectivity index (χ1) is 12.4. The third-order valence-electron chi connectivity index (χ3n) is 4.22. The molecule has 0 radical (unpaired) electrons. The van der Waals surface area contributed by atoms with Crippen molar-refractivity contribution >= 4 is 11.8 Å². The van der Waals surface area contributed by atoms with E-state index in [-0.39, 0.29) is 17.7 Å². The Balaban J connectivity index is 2.11. The Morgan fingerprint density at radius 1 is 1.15 bits per heavy atom. The van der Waals surface area contributed by atoms with Gasteiger partial charge in [-0.1, -0.05) is 38.1 Å². The van der Waals surface area contributed by atoms with Gasteiger partial charge in [-0.25, -0.2) is 0 Å². The zero-order valence-electron chi connectivity index (χ0n) is 15.9. The number of likely N-dealkylation sites (N-methyl/N-ethyl adjacent to an activating group) is 1. The van der Waals surface area contributed by atoms with Crippen LogP contribution in [0.1, 0.15) is 41.8 Å². The van der Waals surface area contributed by atoms with E-state index in [2.05, 4.69) is 10.3 Å². The van der Waals surface area contributed by atoms with E-state index in [4.69, 9.17) is 0 Å². The molecule has 1 unspecified atom stereocenters. The molecule has 0 bridgehead atoms. The minimum atomic E-state index is -0.552. The molecule has 1 aromatic carbocycles. The highest BCUT2D eigenvalue weighted by atomic mass is 16.2. The third kappa shape index (κ3) is 5.41. The molecule has 0 aliphatic rings. The molecule has 0 spiro atoms. The first kappa shape index (κ1) is 19.6. The summed E-state index contributed by atoms with van der Waals surface area (Å²) in [5.74, 6) is -0.0192. The van der Waals surface area contributed by atoms with Crippen molar-refractivity contribution in [3.05, 3.63) is 65.5 Å². The van der Waals surface area contributed by atoms with Crippen LogP contribution < -0.4 is 5.32 Å². The summed E-state index contributed by atoms with van der Waals surface area (Å²) in [5, 5.41) is 2.93. The van der Waals surface area contributed by atoms with Crippen LogP contribution in [0.15, 0.2) is 48.8 Å². The monoisotopic (exact) mass is 353 g/mol. The molecule has 0 aliphatic carbocycles. The summed E-state index contributed by atoms with van der Waals surface area (Å²) >= 11 is 0. The molecule has 1 atom stereocenters. The second-order valence-corrected chi connectivity index (χ2v) is 7.03. The molecule has 2 rings (SSSR count). The average Bonchev–Trinajstić information content (AvgIpc) is 2.61. The number of aryl methyl sites for hydroxylation is 1. The fraction of sp³-hybridized carbons (Fsp3) is 0.381. The van der Waals surface area contributed by atoms with Gasteiger partial charge in [-0.15, -0.1) is 0 Å². The smallest absolute Gasteiger partial charge is 0.252 e. The fourth-order valence-electron chi connectivity index (χ4n) is 2.87. The maximum atomic E-state index is 12.9. The summed E-state index contributed by atoms with van der Waals surface area (Å²) in [5.41, 5.74) is 2.45. The quantitative estimate of drug-likeness (QED) is 0.831. The lowest BCUT2D eigenvalue weighted by Gasteiger charge is -2.26. The van der Waals surface area contributed by atoms with Crippen molar-refractivity contribution in [1.29, 1.82) is 0 Å². The Morgan fingerprint density at radius 3 is 2.50 bits per heavy atom. The summed E-state index contributed by atoms with van der Waals surface area (Å²) in [7, 11) is 1.75. The highest BCUT2D eigenvalue weighted by Crippen LogP contribution is 2.12. The standard InChI is InChI=1S/C21H27N3O2/c1-15(2)12-19(23-20(25)18-10-6-5-8-16(18)3)21(26)24(4)14-17-9-7-11-22-13-17/h5-11,13,15,19H,12,14H2,1-4H3,(H,23,25). The van der Waals surface area contributed by atoms with E-state index in [9.17, 15) is 9.59 Å². The predicted octanol–water partition coefficient (Wildman–Crippen LogP) is 3.19. The molecule has 1 heterocycles. The van der Waals surface area contributed by atoms with Gasteiger partial charge in [-0.3, -0.25) is 14.6 Å². The van der Waals surface area contributed by atoms with E-state index >= 15 is 0 Å². The van der Waals surface area contributed by atoms with E-state index in [1.165, 1.54) is 0 Å². The van der Waals surface area contributed by atoms with Crippen LogP contribution in [-0.2, 0) is 11.3 Å². The van der Waals surface area contributed by atoms with Gasteiger partial charge in [0, 0.05) is 31.5 Å². The summed E-state index contributed by atoms with van der Waals surface area (Å²) in [6.07, 6.45) is 4.04. The number of rotatable bonds is 7. The Kier molecular flexibility index (Phi) is 6.89. The molecule has 138 valence electrons. The molecule has 0 fully saturated rings. The number of benzene rings is 1. The molecule has 26 heavy (non-hydrogen) atoms. The van der Waals surface area contributed by atoms with Gasteiger partial charge in [-0.2, -0.15) is 0 Å². The van der Waals surface area contributed by atoms with Crippen molar-refractivity contribution in [2.24, 2.45) is 5.92 Å². The summed E-state index contributed by atoms with van der Waals surface area (Å²) in [6, 6.07) is 10.6. The predicted molar refractivity (Wildman–Crippen MR) is 103 cm³/mol. The number of carbonyl (C=O) groups is 2. The summed E-state index contributed by atoms with van der Waals surface area (Å²) < 4.78 is 0. The van der Waals surface area contributed by atoms with Gasteiger partial charge in [0.15, 0.2) is 0 Å². The van der Waals surface area contributed by atoms with Crippen LogP contribution in [-0.4, -0.2) is 34.8 Å². The minimum absolute atomic E-state index is 0.0931. The lowest BCUT2D eigenvalue weighted by molar-refractivity contribution is -0.132. The second-order valence-electron chi connectivity index (χ2n) is 7.03. The van der Waals surface area contributed by atoms with E-state index in [0.717, 1.165) is 11.1 Å². The van der Waals surface area contributed by atoms with Gasteiger partial charge >= 0.3 is 0 Å². The molecular weight excluding hydrogens is 326 g/mol. The van der Waals surface area contributed by atoms with Gasteiger partial charge in [0.05, 0.1) is 0 Å². The number of aromatic nitrogens is 1. The summed E-state index contributed by atoms with van der Waals surface area (Å²) in [6.45, 7) is 6.44. The normalized spacial score (nSPS) is 11.9. The summed E-state index contributed by atoms with van der Waals surface area (Å²) in [4.78, 5) is 31.3. The molecule has 1 aromatic heterocycles. The first-order valence-corrected chi connectivity index (χ1v) is 8.89. The van der Waals surface area contributed by atoms with E-state index < -0.39 is 6.04 Å². The third-order valence-corrected chi connectivity index (χ3v) is 4.22. The largest absolute Gasteiger partial charge is 0.340 e. The Morgan fingerprint density at radius 2 is 1.88 bits per heavy atom. The highest BCUT2D eigenvalue weighted by Gasteiger charge is 2.25. The van der Waals surface area contributed by atoms with E-state index in [1.54, 1.807) is 30.4 Å². The van der Waals surface area contributed by atoms with Gasteiger partial charge in [0.25, 0.3) is 5.91 Å². The van der Waals surface area contributed by atoms with Gasteiger partial charge in [0.1, 0.15) is 6.04 Å². The van der Waals surface area contributed by atoms with Crippen molar-refractivity contribution in [2.45, 2.75) is 39.8 Å². The molecule has 2 amide bonds. The van der Waals surface area contributed by atoms with Crippen molar-refractivity contribution in [2.75, 3.05) is 7.05 Å². The van der Waals surface area contributed by atoms with Gasteiger partial charge < -0.3 is 10.2 Å². The van der Waals surface area contributed by atoms with Crippen LogP contribution in [0.5, 0.6) is 0 Å². The van der Waals surface area contributed by atoms with Crippen LogP contribution in [0.4, 0.5) is 0 Å². The molecule has 0 saturated carbocycles. The number of hydrogen-bond donors (Lipinski definition) is 1. The molecule has 1 N–H and O–H groups in total. The number of carbonyl (C=O) groups excluding carboxylic acids is 2. The molecular formula is C21H27N3O2. The van der Waals surface area contributed by atoms with Crippen LogP contribution in [0.2, 0.25) is 0 Å². The lowest BCUT2D eigenvalue weighted by Crippen LogP contribution is -2.47. The maximum absolute atomic E-state index is 12.9. The Hall–Kier alpha value is -2.69. The van der Waals surface area contributed by atoms with E-state index in [1.807, 2.05) is 51.1 Å². The SMILES string of the molecule is Cc1ccccc1C(=O)NC(CC(C)C)C(=O)N(C)Cc1cccnc1. The fourth-order valence-corrected chi connectivity index (χ4v) is 2.87. The Labute approximate surface area is 155 Å². The molecule has 5 nitrogen and oxygen atoms in total. The number of nitrogens with one attached hydrogen (secondary N) is 1.